The van der Waals surface area contributed by atoms with Crippen LogP contribution in [0.1, 0.15) is 126 Å². The second kappa shape index (κ2) is 30.7. The number of nitrogens with zero attached hydrogens (tertiary/aromatic N) is 5. The molecular weight excluding hydrogens is 1040 g/mol. The van der Waals surface area contributed by atoms with E-state index in [-0.39, 0.29) is 80.5 Å². The summed E-state index contributed by atoms with van der Waals surface area (Å²) in [6, 6.07) is 12.7. The van der Waals surface area contributed by atoms with E-state index in [1.54, 1.807) is 68.6 Å². The molecule has 1 aromatic heterocycles. The Bertz CT molecular complexity index is 2800. The highest BCUT2D eigenvalue weighted by molar-refractivity contribution is 6.13. The van der Waals surface area contributed by atoms with Crippen LogP contribution in [0.2, 0.25) is 0 Å². The molecule has 10 amide bonds. The molecular formula is C58H77N13O10. The van der Waals surface area contributed by atoms with Crippen molar-refractivity contribution in [3.8, 4) is 0 Å². The van der Waals surface area contributed by atoms with E-state index < -0.39 is 36.0 Å². The summed E-state index contributed by atoms with van der Waals surface area (Å²) in [4.78, 5) is 129. The van der Waals surface area contributed by atoms with Gasteiger partial charge in [0.1, 0.15) is 30.3 Å². The highest BCUT2D eigenvalue weighted by Crippen LogP contribution is 2.29. The monoisotopic (exact) mass is 1120 g/mol. The number of aromatic nitrogens is 1. The molecule has 2 atom stereocenters. The maximum atomic E-state index is 13.7. The first-order chi connectivity index (χ1) is 38.9. The van der Waals surface area contributed by atoms with Crippen LogP contribution < -0.4 is 48.3 Å². The number of hydrogen-bond acceptors (Lipinski definition) is 14. The molecule has 0 saturated carbocycles. The predicted molar refractivity (Wildman–Crippen MR) is 308 cm³/mol. The van der Waals surface area contributed by atoms with E-state index in [9.17, 15) is 43.2 Å². The Morgan fingerprint density at radius 1 is 0.815 bits per heavy atom. The smallest absolute Gasteiger partial charge is 0.407 e. The molecule has 0 aliphatic carbocycles. The second-order valence-corrected chi connectivity index (χ2v) is 20.7. The fourth-order valence-electron chi connectivity index (χ4n) is 9.48. The maximum absolute atomic E-state index is 13.7. The van der Waals surface area contributed by atoms with Gasteiger partial charge in [-0.3, -0.25) is 38.5 Å². The van der Waals surface area contributed by atoms with Crippen LogP contribution in [0.3, 0.4) is 0 Å². The molecule has 0 bridgehead atoms. The van der Waals surface area contributed by atoms with E-state index in [0.717, 1.165) is 23.6 Å². The number of ether oxygens (including phenoxy) is 1. The number of nitrogens with one attached hydrogen (secondary N) is 6. The topological polar surface area (TPSA) is 322 Å². The van der Waals surface area contributed by atoms with E-state index in [1.165, 1.54) is 12.2 Å². The predicted octanol–water partition coefficient (Wildman–Crippen LogP) is 5.54. The molecule has 23 nitrogen and oxygen atoms in total. The number of benzene rings is 2. The van der Waals surface area contributed by atoms with E-state index >= 15 is 0 Å². The van der Waals surface area contributed by atoms with E-state index in [1.807, 2.05) is 30.9 Å². The van der Waals surface area contributed by atoms with Crippen LogP contribution in [0, 0.1) is 5.92 Å². The molecule has 1 fully saturated rings. The number of urea groups is 1. The molecule has 10 N–H and O–H groups in total. The third-order valence-electron chi connectivity index (χ3n) is 13.8. The number of pyridine rings is 1. The molecule has 3 aliphatic heterocycles. The molecule has 0 spiro atoms. The van der Waals surface area contributed by atoms with Gasteiger partial charge in [-0.25, -0.2) is 19.6 Å². The van der Waals surface area contributed by atoms with E-state index in [2.05, 4.69) is 46.8 Å². The van der Waals surface area contributed by atoms with Gasteiger partial charge in [-0.05, 0) is 112 Å². The molecule has 434 valence electrons. The molecule has 2 aromatic carbocycles. The number of alkyl carbamates (subject to hydrolysis) is 1. The Morgan fingerprint density at radius 2 is 1.52 bits per heavy atom. The summed E-state index contributed by atoms with van der Waals surface area (Å²) in [5.74, 6) is -1.82. The lowest BCUT2D eigenvalue weighted by atomic mass is 10.0. The highest BCUT2D eigenvalue weighted by Gasteiger charge is 2.30. The van der Waals surface area contributed by atoms with Gasteiger partial charge in [0.15, 0.2) is 0 Å². The molecule has 0 unspecified atom stereocenters. The first-order valence-corrected chi connectivity index (χ1v) is 27.9. The summed E-state index contributed by atoms with van der Waals surface area (Å²) in [7, 11) is 0. The Morgan fingerprint density at radius 3 is 2.17 bits per heavy atom. The van der Waals surface area contributed by atoms with Crippen LogP contribution in [0.15, 0.2) is 83.5 Å². The van der Waals surface area contributed by atoms with Gasteiger partial charge in [0.2, 0.25) is 23.6 Å². The van der Waals surface area contributed by atoms with Crippen molar-refractivity contribution in [2.75, 3.05) is 54.8 Å². The number of carbonyl (C=O) groups excluding carboxylic acids is 9. The summed E-state index contributed by atoms with van der Waals surface area (Å²) in [6.45, 7) is 10.7. The summed E-state index contributed by atoms with van der Waals surface area (Å²) < 4.78 is 5.54. The molecule has 0 radical (unpaired) electrons. The van der Waals surface area contributed by atoms with Gasteiger partial charge in [0.25, 0.3) is 17.7 Å². The van der Waals surface area contributed by atoms with Crippen molar-refractivity contribution < 1.29 is 47.9 Å². The number of nitrogens with two attached hydrogens (primary N) is 2. The summed E-state index contributed by atoms with van der Waals surface area (Å²) in [6.07, 6.45) is 11.3. The van der Waals surface area contributed by atoms with Crippen LogP contribution in [0.4, 0.5) is 32.5 Å². The second-order valence-electron chi connectivity index (χ2n) is 20.7. The summed E-state index contributed by atoms with van der Waals surface area (Å²) in [5, 5.41) is 16.8. The highest BCUT2D eigenvalue weighted by atomic mass is 16.5. The number of fused-ring (bicyclic) bond motifs is 1. The van der Waals surface area contributed by atoms with Crippen LogP contribution in [-0.4, -0.2) is 131 Å². The van der Waals surface area contributed by atoms with E-state index in [0.29, 0.717) is 116 Å². The Hall–Kier alpha value is -8.63. The van der Waals surface area contributed by atoms with Gasteiger partial charge in [0, 0.05) is 92.7 Å². The van der Waals surface area contributed by atoms with Crippen LogP contribution in [-0.2, 0) is 40.1 Å². The largest absolute Gasteiger partial charge is 0.445 e. The van der Waals surface area contributed by atoms with Gasteiger partial charge >= 0.3 is 12.1 Å². The fraction of sp³-hybridized carbons (Fsp3) is 0.466. The van der Waals surface area contributed by atoms with Crippen molar-refractivity contribution >= 4 is 88.3 Å². The summed E-state index contributed by atoms with van der Waals surface area (Å²) >= 11 is 0. The number of carbonyl (C=O) groups is 9. The van der Waals surface area contributed by atoms with Crippen molar-refractivity contribution in [2.45, 2.75) is 129 Å². The van der Waals surface area contributed by atoms with Crippen LogP contribution in [0.25, 0.3) is 6.08 Å². The van der Waals surface area contributed by atoms with Crippen LogP contribution in [0.5, 0.6) is 0 Å². The van der Waals surface area contributed by atoms with Crippen LogP contribution >= 0.6 is 0 Å². The number of rotatable bonds is 28. The minimum absolute atomic E-state index is 0.0306. The molecule has 3 aliphatic rings. The number of primary amides is 1. The Balaban J connectivity index is 0.924. The SMILES string of the molecule is CCCN(CCC)C(=O)C1=Cc2ccc(C(=O)Nc3ccc(N4CCC(NC(=O)OCc5ccc(NC(=O)[C@H](CCCCNC(N)=O)NC(=O)[C@@H](NC(=O)CCCCCN6C(=O)C=CC6=O)C(C)C)cc5)CC4)nc3)cc2N=C(N)C1. The third kappa shape index (κ3) is 19.0. The average molecular weight is 1120 g/mol. The number of anilines is 3. The van der Waals surface area contributed by atoms with Crippen molar-refractivity contribution in [1.29, 1.82) is 0 Å². The van der Waals surface area contributed by atoms with Gasteiger partial charge in [-0.15, -0.1) is 0 Å². The average Bonchev–Trinajstić information content (AvgIpc) is 3.66. The van der Waals surface area contributed by atoms with Crippen molar-refractivity contribution in [3.05, 3.63) is 95.2 Å². The van der Waals surface area contributed by atoms with Crippen molar-refractivity contribution in [1.82, 2.24) is 36.1 Å². The Kier molecular flexibility index (Phi) is 23.3. The minimum Gasteiger partial charge on any atom is -0.445 e. The van der Waals surface area contributed by atoms with Gasteiger partial charge in [-0.2, -0.15) is 0 Å². The number of piperidine rings is 1. The maximum Gasteiger partial charge on any atom is 0.407 e. The van der Waals surface area contributed by atoms with Gasteiger partial charge < -0.3 is 57.9 Å². The third-order valence-corrected chi connectivity index (χ3v) is 13.8. The quantitative estimate of drug-likeness (QED) is 0.0327. The first kappa shape index (κ1) is 61.6. The lowest BCUT2D eigenvalue weighted by molar-refractivity contribution is -0.137. The zero-order chi connectivity index (χ0) is 58.4. The van der Waals surface area contributed by atoms with Gasteiger partial charge in [0.05, 0.1) is 17.6 Å². The van der Waals surface area contributed by atoms with E-state index in [4.69, 9.17) is 16.2 Å². The lowest BCUT2D eigenvalue weighted by Crippen LogP contribution is -2.54. The number of aliphatic imine (C=N–C) groups is 1. The molecule has 4 heterocycles. The van der Waals surface area contributed by atoms with Gasteiger partial charge in [-0.1, -0.05) is 52.3 Å². The zero-order valence-corrected chi connectivity index (χ0v) is 46.7. The van der Waals surface area contributed by atoms with Crippen molar-refractivity contribution in [3.63, 3.8) is 0 Å². The molecule has 6 rings (SSSR count). The number of hydrogen-bond donors (Lipinski definition) is 8. The molecule has 23 heteroatoms. The number of unbranched alkanes of at least 4 members (excludes halogenated alkanes) is 3. The Labute approximate surface area is 472 Å². The first-order valence-electron chi connectivity index (χ1n) is 27.9. The molecule has 81 heavy (non-hydrogen) atoms. The normalized spacial score (nSPS) is 14.9. The standard InChI is InChI=1S/C58H77N13O10/c1-5-27-70(28-6-2)56(78)41-32-39-16-17-40(33-46(39)66-47(59)34-41)53(75)64-44-20-21-48(62-35-44)69-30-24-43(25-31-69)65-58(80)81-36-38-14-18-42(19-15-38)63-54(76)45(12-9-10-26-61-57(60)79)67-55(77)52(37(3)4)68-49(72)13-8-7-11-29-71-50(73)22-23-51(71)74/h14-23,32-33,35,37,43,45,52H,5-13,24-31,34,36H2,1-4H3,(H2,59,66)(H,63,76)(H,64,75)(H,65,80)(H,67,77)(H,68,72)(H3,60,61,79)/t45-,52-/m0/s1. The zero-order valence-electron chi connectivity index (χ0n) is 46.7. The lowest BCUT2D eigenvalue weighted by Gasteiger charge is -2.33. The molecule has 3 aromatic rings. The number of amides is 10. The molecule has 1 saturated heterocycles. The van der Waals surface area contributed by atoms with Crippen molar-refractivity contribution in [2.24, 2.45) is 22.4 Å². The minimum atomic E-state index is -0.999. The fourth-order valence-corrected chi connectivity index (χ4v) is 9.48. The summed E-state index contributed by atoms with van der Waals surface area (Å²) in [5.41, 5.74) is 15.2. The number of imide groups is 1. The number of amidine groups is 1.